The molecule has 0 aromatic heterocycles. The highest BCUT2D eigenvalue weighted by atomic mass is 35.5. The maximum absolute atomic E-state index is 12.3. The van der Waals surface area contributed by atoms with E-state index in [4.69, 9.17) is 10.5 Å². The van der Waals surface area contributed by atoms with Crippen LogP contribution in [-0.4, -0.2) is 18.1 Å². The molecule has 0 aliphatic carbocycles. The van der Waals surface area contributed by atoms with Crippen molar-refractivity contribution in [1.29, 1.82) is 0 Å². The monoisotopic (exact) mass is 362 g/mol. The van der Waals surface area contributed by atoms with Gasteiger partial charge in [0.1, 0.15) is 5.75 Å². The molecule has 0 fully saturated rings. The molecule has 0 aliphatic rings. The Morgan fingerprint density at radius 2 is 1.76 bits per heavy atom. The van der Waals surface area contributed by atoms with Crippen LogP contribution in [-0.2, 0) is 11.2 Å². The van der Waals surface area contributed by atoms with Crippen molar-refractivity contribution in [2.24, 2.45) is 5.73 Å². The molecule has 2 unspecified atom stereocenters. The number of hydrogen-bond acceptors (Lipinski definition) is 3. The fourth-order valence-electron chi connectivity index (χ4n) is 2.49. The summed E-state index contributed by atoms with van der Waals surface area (Å²) in [6, 6.07) is 16.9. The van der Waals surface area contributed by atoms with Crippen LogP contribution in [0.15, 0.2) is 54.6 Å². The molecule has 4 nitrogen and oxygen atoms in total. The average molecular weight is 363 g/mol. The van der Waals surface area contributed by atoms with Gasteiger partial charge in [-0.1, -0.05) is 42.5 Å². The van der Waals surface area contributed by atoms with Gasteiger partial charge in [0.25, 0.3) is 0 Å². The Balaban J connectivity index is 0.00000312. The largest absolute Gasteiger partial charge is 0.491 e. The molecule has 2 rings (SSSR count). The fourth-order valence-corrected chi connectivity index (χ4v) is 2.49. The third-order valence-corrected chi connectivity index (χ3v) is 3.72. The van der Waals surface area contributed by atoms with Crippen LogP contribution in [0.1, 0.15) is 37.9 Å². The maximum atomic E-state index is 12.3. The first kappa shape index (κ1) is 21.0. The molecule has 0 radical (unpaired) electrons. The van der Waals surface area contributed by atoms with E-state index in [0.717, 1.165) is 16.9 Å². The molecule has 2 aromatic rings. The first-order valence-corrected chi connectivity index (χ1v) is 8.32. The minimum Gasteiger partial charge on any atom is -0.491 e. The van der Waals surface area contributed by atoms with Crippen molar-refractivity contribution in [1.82, 2.24) is 5.32 Å². The third kappa shape index (κ3) is 6.77. The minimum atomic E-state index is -0.565. The van der Waals surface area contributed by atoms with Crippen molar-refractivity contribution >= 4 is 18.3 Å². The molecule has 0 saturated carbocycles. The molecule has 2 atom stereocenters. The number of benzene rings is 2. The van der Waals surface area contributed by atoms with Gasteiger partial charge in [0.15, 0.2) is 0 Å². The second-order valence-electron chi connectivity index (χ2n) is 6.27. The Bertz CT molecular complexity index is 662. The van der Waals surface area contributed by atoms with Crippen molar-refractivity contribution in [3.8, 4) is 5.75 Å². The molecular weight excluding hydrogens is 336 g/mol. The van der Waals surface area contributed by atoms with E-state index in [1.54, 1.807) is 0 Å². The van der Waals surface area contributed by atoms with Crippen molar-refractivity contribution < 1.29 is 9.53 Å². The molecule has 0 heterocycles. The van der Waals surface area contributed by atoms with Crippen molar-refractivity contribution in [3.63, 3.8) is 0 Å². The smallest absolute Gasteiger partial charge is 0.237 e. The number of carbonyl (C=O) groups is 1. The van der Waals surface area contributed by atoms with Crippen LogP contribution >= 0.6 is 12.4 Å². The van der Waals surface area contributed by atoms with Crippen LogP contribution in [0.2, 0.25) is 0 Å². The first-order valence-electron chi connectivity index (χ1n) is 8.32. The summed E-state index contributed by atoms with van der Waals surface area (Å²) in [6.45, 7) is 5.92. The van der Waals surface area contributed by atoms with Gasteiger partial charge in [-0.25, -0.2) is 0 Å². The van der Waals surface area contributed by atoms with E-state index < -0.39 is 6.04 Å². The summed E-state index contributed by atoms with van der Waals surface area (Å²) in [7, 11) is 0. The predicted molar refractivity (Wildman–Crippen MR) is 104 cm³/mol. The summed E-state index contributed by atoms with van der Waals surface area (Å²) >= 11 is 0. The quantitative estimate of drug-likeness (QED) is 0.790. The van der Waals surface area contributed by atoms with Gasteiger partial charge in [0, 0.05) is 0 Å². The Labute approximate surface area is 156 Å². The number of nitrogens with two attached hydrogens (primary N) is 1. The topological polar surface area (TPSA) is 64.3 Å². The lowest BCUT2D eigenvalue weighted by molar-refractivity contribution is -0.123. The second-order valence-corrected chi connectivity index (χ2v) is 6.27. The van der Waals surface area contributed by atoms with Gasteiger partial charge in [-0.3, -0.25) is 4.79 Å². The van der Waals surface area contributed by atoms with Gasteiger partial charge >= 0.3 is 0 Å². The number of hydrogen-bond donors (Lipinski definition) is 2. The lowest BCUT2D eigenvalue weighted by Crippen LogP contribution is -2.42. The van der Waals surface area contributed by atoms with Gasteiger partial charge in [0.2, 0.25) is 5.91 Å². The fraction of sp³-hybridized carbons (Fsp3) is 0.350. The summed E-state index contributed by atoms with van der Waals surface area (Å²) in [6.07, 6.45) is 0.639. The highest BCUT2D eigenvalue weighted by Gasteiger charge is 2.17. The van der Waals surface area contributed by atoms with Gasteiger partial charge in [-0.15, -0.1) is 12.4 Å². The molecule has 25 heavy (non-hydrogen) atoms. The summed E-state index contributed by atoms with van der Waals surface area (Å²) in [5, 5.41) is 2.98. The Hall–Kier alpha value is -2.04. The lowest BCUT2D eigenvalue weighted by atomic mass is 10.0. The molecule has 0 bridgehead atoms. The highest BCUT2D eigenvalue weighted by Crippen LogP contribution is 2.20. The Morgan fingerprint density at radius 3 is 2.40 bits per heavy atom. The van der Waals surface area contributed by atoms with Gasteiger partial charge in [0.05, 0.1) is 18.2 Å². The van der Waals surface area contributed by atoms with Crippen molar-refractivity contribution in [3.05, 3.63) is 65.7 Å². The van der Waals surface area contributed by atoms with Crippen LogP contribution in [0.5, 0.6) is 5.75 Å². The summed E-state index contributed by atoms with van der Waals surface area (Å²) in [5.74, 6) is 0.652. The number of rotatable bonds is 7. The molecule has 0 aliphatic heterocycles. The van der Waals surface area contributed by atoms with Crippen LogP contribution in [0.4, 0.5) is 0 Å². The summed E-state index contributed by atoms with van der Waals surface area (Å²) < 4.78 is 5.70. The van der Waals surface area contributed by atoms with E-state index in [-0.39, 0.29) is 30.5 Å². The number of carbonyl (C=O) groups excluding carboxylic acids is 1. The lowest BCUT2D eigenvalue weighted by Gasteiger charge is -2.19. The van der Waals surface area contributed by atoms with E-state index in [1.165, 1.54) is 0 Å². The molecule has 136 valence electrons. The number of nitrogens with one attached hydrogen (secondary N) is 1. The van der Waals surface area contributed by atoms with Crippen molar-refractivity contribution in [2.75, 3.05) is 0 Å². The molecule has 3 N–H and O–H groups in total. The highest BCUT2D eigenvalue weighted by molar-refractivity contribution is 5.85. The summed E-state index contributed by atoms with van der Waals surface area (Å²) in [5.41, 5.74) is 8.08. The molecule has 2 aromatic carbocycles. The Kier molecular flexibility index (Phi) is 8.46. The van der Waals surface area contributed by atoms with E-state index >= 15 is 0 Å². The molecule has 5 heteroatoms. The van der Waals surface area contributed by atoms with Crippen molar-refractivity contribution in [2.45, 2.75) is 45.4 Å². The molecular formula is C20H27ClN2O2. The minimum absolute atomic E-state index is 0. The van der Waals surface area contributed by atoms with E-state index in [1.807, 2.05) is 75.4 Å². The first-order chi connectivity index (χ1) is 11.5. The average Bonchev–Trinajstić information content (AvgIpc) is 2.55. The van der Waals surface area contributed by atoms with Gasteiger partial charge < -0.3 is 15.8 Å². The standard InChI is InChI=1S/C20H26N2O2.ClH/c1-14(2)24-18-11-7-10-17(13-18)15(3)22-20(23)19(21)12-16-8-5-4-6-9-16;/h4-11,13-15,19H,12,21H2,1-3H3,(H,22,23);1H. The molecule has 0 spiro atoms. The van der Waals surface area contributed by atoms with Gasteiger partial charge in [-0.05, 0) is 50.5 Å². The van der Waals surface area contributed by atoms with E-state index in [2.05, 4.69) is 5.32 Å². The zero-order valence-electron chi connectivity index (χ0n) is 14.9. The van der Waals surface area contributed by atoms with Crippen LogP contribution < -0.4 is 15.8 Å². The third-order valence-electron chi connectivity index (χ3n) is 3.72. The van der Waals surface area contributed by atoms with Crippen LogP contribution in [0.3, 0.4) is 0 Å². The van der Waals surface area contributed by atoms with E-state index in [9.17, 15) is 4.79 Å². The Morgan fingerprint density at radius 1 is 1.08 bits per heavy atom. The predicted octanol–water partition coefficient (Wildman–Crippen LogP) is 3.64. The van der Waals surface area contributed by atoms with Crippen LogP contribution in [0, 0.1) is 0 Å². The van der Waals surface area contributed by atoms with E-state index in [0.29, 0.717) is 6.42 Å². The molecule has 1 amide bonds. The van der Waals surface area contributed by atoms with Crippen LogP contribution in [0.25, 0.3) is 0 Å². The molecule has 0 saturated heterocycles. The SMILES string of the molecule is CC(C)Oc1cccc(C(C)NC(=O)C(N)Cc2ccccc2)c1.Cl. The number of amides is 1. The number of halogens is 1. The zero-order chi connectivity index (χ0) is 17.5. The normalized spacial score (nSPS) is 12.8. The summed E-state index contributed by atoms with van der Waals surface area (Å²) in [4.78, 5) is 12.3. The maximum Gasteiger partial charge on any atom is 0.237 e. The van der Waals surface area contributed by atoms with Gasteiger partial charge in [-0.2, -0.15) is 0 Å². The second kappa shape index (κ2) is 10.1. The zero-order valence-corrected chi connectivity index (χ0v) is 15.8. The number of ether oxygens (including phenoxy) is 1.